The van der Waals surface area contributed by atoms with Gasteiger partial charge in [-0.3, -0.25) is 19.8 Å². The van der Waals surface area contributed by atoms with Crippen LogP contribution in [0.25, 0.3) is 0 Å². The van der Waals surface area contributed by atoms with Crippen molar-refractivity contribution in [2.24, 2.45) is 0 Å². The number of hydrogen-bond donors (Lipinski definition) is 1. The minimum absolute atomic E-state index is 0.0682. The topological polar surface area (TPSA) is 151 Å². The number of carbonyl (C=O) groups is 2. The molecule has 2 saturated heterocycles. The summed E-state index contributed by atoms with van der Waals surface area (Å²) in [5, 5.41) is 21.4. The number of likely N-dealkylation sites (N-methyl/N-ethyl adjacent to an activating group) is 1. The maximum Gasteiger partial charge on any atom is 0.410 e. The van der Waals surface area contributed by atoms with E-state index >= 15 is 0 Å². The van der Waals surface area contributed by atoms with Gasteiger partial charge in [0.05, 0.1) is 22.0 Å². The standard InChI is InChI=1S/C26H31ClN4O8S/c1-25(2)30(24(33)34)22(16-39-25)23(32)28(3)26(15-18-5-7-19(27)8-6-18)13-4-14-29(17-26)40(37,38)21-11-9-20(10-12-21)31(35)36/h5-12,22H,4,13-17H2,1-3H3,(H,33,34). The number of carboxylic acid groups (broad SMARTS) is 1. The molecule has 2 aliphatic heterocycles. The average molecular weight is 595 g/mol. The summed E-state index contributed by atoms with van der Waals surface area (Å²) in [6.45, 7) is 3.12. The first kappa shape index (κ1) is 29.7. The molecular formula is C26H31ClN4O8S. The van der Waals surface area contributed by atoms with Crippen LogP contribution >= 0.6 is 11.6 Å². The van der Waals surface area contributed by atoms with Gasteiger partial charge in [-0.2, -0.15) is 4.31 Å². The lowest BCUT2D eigenvalue weighted by molar-refractivity contribution is -0.384. The van der Waals surface area contributed by atoms with Crippen molar-refractivity contribution in [3.8, 4) is 0 Å². The number of piperidine rings is 1. The third kappa shape index (κ3) is 5.64. The molecule has 2 amide bonds. The largest absolute Gasteiger partial charge is 0.465 e. The highest BCUT2D eigenvalue weighted by atomic mass is 35.5. The van der Waals surface area contributed by atoms with Crippen LogP contribution in [0.2, 0.25) is 5.02 Å². The maximum absolute atomic E-state index is 13.9. The number of hydrogen-bond acceptors (Lipinski definition) is 7. The summed E-state index contributed by atoms with van der Waals surface area (Å²) in [5.74, 6) is -0.503. The Labute approximate surface area is 237 Å². The Kier molecular flexibility index (Phi) is 8.14. The van der Waals surface area contributed by atoms with Crippen LogP contribution in [0.5, 0.6) is 0 Å². The quantitative estimate of drug-likeness (QED) is 0.377. The lowest BCUT2D eigenvalue weighted by Crippen LogP contribution is -2.64. The summed E-state index contributed by atoms with van der Waals surface area (Å²) >= 11 is 6.07. The lowest BCUT2D eigenvalue weighted by Gasteiger charge is -2.49. The molecule has 0 bridgehead atoms. The monoisotopic (exact) mass is 594 g/mol. The molecule has 14 heteroatoms. The van der Waals surface area contributed by atoms with E-state index in [1.165, 1.54) is 21.3 Å². The van der Waals surface area contributed by atoms with Crippen molar-refractivity contribution in [3.05, 3.63) is 69.2 Å². The highest BCUT2D eigenvalue weighted by molar-refractivity contribution is 7.89. The SMILES string of the molecule is CN(C(=O)C1COC(C)(C)N1C(=O)O)C1(Cc2ccc(Cl)cc2)CCCN(S(=O)(=O)c2ccc([N+](=O)[O-])cc2)C1. The number of non-ortho nitro benzene ring substituents is 1. The van der Waals surface area contributed by atoms with Crippen molar-refractivity contribution in [2.75, 3.05) is 26.7 Å². The molecule has 4 rings (SSSR count). The predicted molar refractivity (Wildman–Crippen MR) is 145 cm³/mol. The number of nitro groups is 1. The molecule has 2 unspecified atom stereocenters. The normalized spacial score (nSPS) is 23.1. The van der Waals surface area contributed by atoms with E-state index in [0.717, 1.165) is 22.6 Å². The molecule has 216 valence electrons. The van der Waals surface area contributed by atoms with Gasteiger partial charge in [-0.15, -0.1) is 0 Å². The van der Waals surface area contributed by atoms with Crippen LogP contribution < -0.4 is 0 Å². The van der Waals surface area contributed by atoms with Crippen LogP contribution in [0.15, 0.2) is 53.4 Å². The predicted octanol–water partition coefficient (Wildman–Crippen LogP) is 3.59. The number of ether oxygens (including phenoxy) is 1. The van der Waals surface area contributed by atoms with Crippen molar-refractivity contribution in [1.82, 2.24) is 14.1 Å². The first-order chi connectivity index (χ1) is 18.7. The highest BCUT2D eigenvalue weighted by Gasteiger charge is 2.52. The smallest absolute Gasteiger partial charge is 0.410 e. The molecule has 0 aromatic heterocycles. The van der Waals surface area contributed by atoms with Crippen LogP contribution in [-0.2, 0) is 26.0 Å². The van der Waals surface area contributed by atoms with Gasteiger partial charge in [0.1, 0.15) is 11.8 Å². The fraction of sp³-hybridized carbons (Fsp3) is 0.462. The minimum atomic E-state index is -4.07. The van der Waals surface area contributed by atoms with Gasteiger partial charge < -0.3 is 14.7 Å². The summed E-state index contributed by atoms with van der Waals surface area (Å²) in [4.78, 5) is 38.8. The van der Waals surface area contributed by atoms with Crippen molar-refractivity contribution in [2.45, 2.75) is 55.3 Å². The maximum atomic E-state index is 13.9. The number of halogens is 1. The summed E-state index contributed by atoms with van der Waals surface area (Å²) in [6.07, 6.45) is -0.143. The number of amides is 2. The Morgan fingerprint density at radius 2 is 1.80 bits per heavy atom. The number of nitrogens with zero attached hydrogens (tertiary/aromatic N) is 4. The van der Waals surface area contributed by atoms with Gasteiger partial charge in [0.2, 0.25) is 15.9 Å². The zero-order valence-corrected chi connectivity index (χ0v) is 23.9. The molecule has 12 nitrogen and oxygen atoms in total. The first-order valence-corrected chi connectivity index (χ1v) is 14.4. The molecule has 0 aliphatic carbocycles. The van der Waals surface area contributed by atoms with Gasteiger partial charge in [0.15, 0.2) is 0 Å². The Bertz CT molecular complexity index is 1400. The van der Waals surface area contributed by atoms with E-state index in [4.69, 9.17) is 16.3 Å². The number of rotatable bonds is 7. The van der Waals surface area contributed by atoms with Crippen LogP contribution in [-0.4, -0.2) is 88.6 Å². The van der Waals surface area contributed by atoms with Gasteiger partial charge in [-0.25, -0.2) is 13.2 Å². The molecule has 2 heterocycles. The van der Waals surface area contributed by atoms with E-state index in [1.54, 1.807) is 45.2 Å². The molecular weight excluding hydrogens is 564 g/mol. The molecule has 1 N–H and O–H groups in total. The summed E-state index contributed by atoms with van der Waals surface area (Å²) in [6, 6.07) is 10.6. The van der Waals surface area contributed by atoms with Gasteiger partial charge >= 0.3 is 6.09 Å². The molecule has 0 radical (unpaired) electrons. The average Bonchev–Trinajstić information content (AvgIpc) is 3.24. The zero-order chi connectivity index (χ0) is 29.5. The third-order valence-electron chi connectivity index (χ3n) is 7.67. The van der Waals surface area contributed by atoms with Crippen LogP contribution in [0.3, 0.4) is 0 Å². The van der Waals surface area contributed by atoms with E-state index in [2.05, 4.69) is 0 Å². The first-order valence-electron chi connectivity index (χ1n) is 12.6. The van der Waals surface area contributed by atoms with Gasteiger partial charge in [-0.1, -0.05) is 23.7 Å². The Morgan fingerprint density at radius 1 is 1.18 bits per heavy atom. The fourth-order valence-electron chi connectivity index (χ4n) is 5.49. The van der Waals surface area contributed by atoms with Crippen LogP contribution in [0.1, 0.15) is 32.3 Å². The molecule has 0 saturated carbocycles. The molecule has 2 aromatic carbocycles. The van der Waals surface area contributed by atoms with E-state index in [-0.39, 0.29) is 36.7 Å². The summed E-state index contributed by atoms with van der Waals surface area (Å²) in [5.41, 5.74) is -1.66. The van der Waals surface area contributed by atoms with E-state index < -0.39 is 44.3 Å². The van der Waals surface area contributed by atoms with Crippen molar-refractivity contribution in [3.63, 3.8) is 0 Å². The highest BCUT2D eigenvalue weighted by Crippen LogP contribution is 2.36. The molecule has 0 spiro atoms. The fourth-order valence-corrected chi connectivity index (χ4v) is 7.17. The second kappa shape index (κ2) is 11.0. The Morgan fingerprint density at radius 3 is 2.38 bits per heavy atom. The summed E-state index contributed by atoms with van der Waals surface area (Å²) < 4.78 is 34.2. The second-order valence-corrected chi connectivity index (χ2v) is 12.9. The zero-order valence-electron chi connectivity index (χ0n) is 22.3. The number of benzene rings is 2. The van der Waals surface area contributed by atoms with Gasteiger partial charge in [0.25, 0.3) is 5.69 Å². The van der Waals surface area contributed by atoms with Crippen molar-refractivity contribution >= 4 is 39.3 Å². The van der Waals surface area contributed by atoms with Crippen LogP contribution in [0, 0.1) is 10.1 Å². The number of nitro benzene ring substituents is 1. The van der Waals surface area contributed by atoms with Crippen LogP contribution in [0.4, 0.5) is 10.5 Å². The molecule has 2 aliphatic rings. The molecule has 2 fully saturated rings. The van der Waals surface area contributed by atoms with E-state index in [1.807, 2.05) is 0 Å². The van der Waals surface area contributed by atoms with Gasteiger partial charge in [0, 0.05) is 37.3 Å². The summed E-state index contributed by atoms with van der Waals surface area (Å²) in [7, 11) is -2.51. The molecule has 2 atom stereocenters. The second-order valence-electron chi connectivity index (χ2n) is 10.5. The van der Waals surface area contributed by atoms with Gasteiger partial charge in [-0.05, 0) is 62.9 Å². The molecule has 40 heavy (non-hydrogen) atoms. The Hall–Kier alpha value is -3.26. The van der Waals surface area contributed by atoms with Crippen molar-refractivity contribution < 1.29 is 32.8 Å². The van der Waals surface area contributed by atoms with Crippen molar-refractivity contribution in [1.29, 1.82) is 0 Å². The number of sulfonamides is 1. The third-order valence-corrected chi connectivity index (χ3v) is 9.78. The Balaban J connectivity index is 1.71. The van der Waals surface area contributed by atoms with E-state index in [9.17, 15) is 33.2 Å². The minimum Gasteiger partial charge on any atom is -0.465 e. The van der Waals surface area contributed by atoms with E-state index in [0.29, 0.717) is 17.9 Å². The molecule has 2 aromatic rings. The number of carbonyl (C=O) groups excluding carboxylic acids is 1. The lowest BCUT2D eigenvalue weighted by atomic mass is 9.82.